The van der Waals surface area contributed by atoms with E-state index in [1.807, 2.05) is 42.3 Å². The highest BCUT2D eigenvalue weighted by Crippen LogP contribution is 2.22. The molecule has 1 aromatic rings. The maximum absolute atomic E-state index is 12.8. The van der Waals surface area contributed by atoms with E-state index in [2.05, 4.69) is 12.2 Å². The van der Waals surface area contributed by atoms with Gasteiger partial charge in [-0.05, 0) is 25.6 Å². The Hall–Kier alpha value is -1.39. The molecule has 20 heavy (non-hydrogen) atoms. The normalized spacial score (nSPS) is 21.9. The molecule has 1 N–H and O–H groups in total. The predicted molar refractivity (Wildman–Crippen MR) is 80.9 cm³/mol. The number of rotatable bonds is 6. The number of unbranched alkanes of at least 4 members (excludes halogenated alkanes) is 1. The minimum atomic E-state index is -0.0861. The number of hydrogen-bond acceptors (Lipinski definition) is 3. The molecule has 1 aliphatic rings. The average molecular weight is 276 g/mol. The molecule has 0 aromatic heterocycles. The van der Waals surface area contributed by atoms with Gasteiger partial charge in [-0.3, -0.25) is 4.79 Å². The van der Waals surface area contributed by atoms with Crippen LogP contribution in [0.4, 0.5) is 5.69 Å². The van der Waals surface area contributed by atoms with Crippen LogP contribution in [0.25, 0.3) is 0 Å². The van der Waals surface area contributed by atoms with E-state index >= 15 is 0 Å². The summed E-state index contributed by atoms with van der Waals surface area (Å²) in [5.74, 6) is 0.0820. The van der Waals surface area contributed by atoms with Gasteiger partial charge in [-0.25, -0.2) is 0 Å². The SMILES string of the molecule is CCCCN(C(=O)C1COCC1NC)c1ccccc1. The van der Waals surface area contributed by atoms with Crippen molar-refractivity contribution in [2.24, 2.45) is 5.92 Å². The number of nitrogens with zero attached hydrogens (tertiary/aromatic N) is 1. The highest BCUT2D eigenvalue weighted by Gasteiger charge is 2.35. The molecule has 0 aliphatic carbocycles. The topological polar surface area (TPSA) is 41.6 Å². The van der Waals surface area contributed by atoms with Crippen molar-refractivity contribution in [1.82, 2.24) is 5.32 Å². The van der Waals surface area contributed by atoms with Gasteiger partial charge < -0.3 is 15.0 Å². The van der Waals surface area contributed by atoms with Crippen molar-refractivity contribution in [2.75, 3.05) is 31.7 Å². The highest BCUT2D eigenvalue weighted by molar-refractivity contribution is 5.95. The van der Waals surface area contributed by atoms with Crippen LogP contribution in [0.15, 0.2) is 30.3 Å². The van der Waals surface area contributed by atoms with Gasteiger partial charge in [0, 0.05) is 18.3 Å². The van der Waals surface area contributed by atoms with E-state index in [0.717, 1.165) is 25.1 Å². The van der Waals surface area contributed by atoms with Crippen LogP contribution in [0.3, 0.4) is 0 Å². The van der Waals surface area contributed by atoms with Gasteiger partial charge >= 0.3 is 0 Å². The Labute approximate surface area is 121 Å². The van der Waals surface area contributed by atoms with E-state index in [1.165, 1.54) is 0 Å². The molecule has 0 radical (unpaired) electrons. The predicted octanol–water partition coefficient (Wildman–Crippen LogP) is 2.05. The lowest BCUT2D eigenvalue weighted by atomic mass is 10.0. The zero-order valence-corrected chi connectivity index (χ0v) is 12.3. The fraction of sp³-hybridized carbons (Fsp3) is 0.562. The quantitative estimate of drug-likeness (QED) is 0.864. The molecule has 2 atom stereocenters. The van der Waals surface area contributed by atoms with E-state index in [-0.39, 0.29) is 17.9 Å². The maximum atomic E-state index is 12.8. The fourth-order valence-electron chi connectivity index (χ4n) is 2.57. The summed E-state index contributed by atoms with van der Waals surface area (Å²) in [4.78, 5) is 14.7. The number of likely N-dealkylation sites (N-methyl/N-ethyl adjacent to an activating group) is 1. The molecule has 110 valence electrons. The van der Waals surface area contributed by atoms with Gasteiger partial charge in [0.15, 0.2) is 0 Å². The molecule has 1 saturated heterocycles. The number of nitrogens with one attached hydrogen (secondary N) is 1. The van der Waals surface area contributed by atoms with Crippen molar-refractivity contribution < 1.29 is 9.53 Å². The van der Waals surface area contributed by atoms with Crippen LogP contribution in [0.1, 0.15) is 19.8 Å². The number of anilines is 1. The van der Waals surface area contributed by atoms with Crippen LogP contribution >= 0.6 is 0 Å². The number of hydrogen-bond donors (Lipinski definition) is 1. The standard InChI is InChI=1S/C16H24N2O2/c1-3-4-10-18(13-8-6-5-7-9-13)16(19)14-11-20-12-15(14)17-2/h5-9,14-15,17H,3-4,10-12H2,1-2H3. The van der Waals surface area contributed by atoms with Crippen LogP contribution in [-0.2, 0) is 9.53 Å². The van der Waals surface area contributed by atoms with Crippen molar-refractivity contribution >= 4 is 11.6 Å². The van der Waals surface area contributed by atoms with Gasteiger partial charge in [0.05, 0.1) is 19.1 Å². The Morgan fingerprint density at radius 2 is 2.10 bits per heavy atom. The molecule has 2 unspecified atom stereocenters. The Balaban J connectivity index is 2.15. The molecule has 0 saturated carbocycles. The summed E-state index contributed by atoms with van der Waals surface area (Å²) in [5.41, 5.74) is 0.979. The van der Waals surface area contributed by atoms with Gasteiger partial charge in [0.1, 0.15) is 0 Å². The van der Waals surface area contributed by atoms with Crippen molar-refractivity contribution in [3.8, 4) is 0 Å². The number of amides is 1. The molecule has 0 bridgehead atoms. The molecule has 4 nitrogen and oxygen atoms in total. The summed E-state index contributed by atoms with van der Waals surface area (Å²) < 4.78 is 5.46. The van der Waals surface area contributed by atoms with Crippen LogP contribution in [0.2, 0.25) is 0 Å². The monoisotopic (exact) mass is 276 g/mol. The lowest BCUT2D eigenvalue weighted by Crippen LogP contribution is -2.45. The Bertz CT molecular complexity index is 422. The van der Waals surface area contributed by atoms with Crippen LogP contribution in [-0.4, -0.2) is 38.8 Å². The smallest absolute Gasteiger partial charge is 0.234 e. The summed E-state index contributed by atoms with van der Waals surface area (Å²) in [6, 6.07) is 10.0. The number of para-hydroxylation sites is 1. The number of carbonyl (C=O) groups excluding carboxylic acids is 1. The van der Waals surface area contributed by atoms with Gasteiger partial charge in [0.2, 0.25) is 5.91 Å². The van der Waals surface area contributed by atoms with E-state index in [0.29, 0.717) is 13.2 Å². The summed E-state index contributed by atoms with van der Waals surface area (Å²) >= 11 is 0. The molecular formula is C16H24N2O2. The van der Waals surface area contributed by atoms with Crippen molar-refractivity contribution in [2.45, 2.75) is 25.8 Å². The third-order valence-corrected chi connectivity index (χ3v) is 3.84. The molecule has 1 fully saturated rings. The zero-order chi connectivity index (χ0) is 14.4. The zero-order valence-electron chi connectivity index (χ0n) is 12.3. The fourth-order valence-corrected chi connectivity index (χ4v) is 2.57. The van der Waals surface area contributed by atoms with E-state index in [1.54, 1.807) is 0 Å². The number of ether oxygens (including phenoxy) is 1. The average Bonchev–Trinajstić information content (AvgIpc) is 2.97. The molecule has 2 rings (SSSR count). The molecule has 1 aliphatic heterocycles. The van der Waals surface area contributed by atoms with E-state index < -0.39 is 0 Å². The second kappa shape index (κ2) is 7.41. The summed E-state index contributed by atoms with van der Waals surface area (Å²) in [5, 5.41) is 3.18. The Morgan fingerprint density at radius 1 is 1.35 bits per heavy atom. The van der Waals surface area contributed by atoms with Crippen molar-refractivity contribution in [1.29, 1.82) is 0 Å². The first-order valence-electron chi connectivity index (χ1n) is 7.39. The maximum Gasteiger partial charge on any atom is 0.234 e. The molecule has 0 spiro atoms. The molecule has 1 aromatic carbocycles. The first kappa shape index (κ1) is 15.0. The Morgan fingerprint density at radius 3 is 2.75 bits per heavy atom. The van der Waals surface area contributed by atoms with Crippen molar-refractivity contribution in [3.05, 3.63) is 30.3 Å². The van der Waals surface area contributed by atoms with E-state index in [9.17, 15) is 4.79 Å². The second-order valence-corrected chi connectivity index (χ2v) is 5.22. The third kappa shape index (κ3) is 3.38. The summed E-state index contributed by atoms with van der Waals surface area (Å²) in [6.45, 7) is 4.04. The number of benzene rings is 1. The van der Waals surface area contributed by atoms with Gasteiger partial charge in [-0.15, -0.1) is 0 Å². The Kier molecular flexibility index (Phi) is 5.56. The summed E-state index contributed by atoms with van der Waals surface area (Å²) in [6.07, 6.45) is 2.09. The van der Waals surface area contributed by atoms with Crippen LogP contribution in [0, 0.1) is 5.92 Å². The minimum Gasteiger partial charge on any atom is -0.379 e. The first-order chi connectivity index (χ1) is 9.77. The van der Waals surface area contributed by atoms with Gasteiger partial charge in [0.25, 0.3) is 0 Å². The number of carbonyl (C=O) groups is 1. The molecular weight excluding hydrogens is 252 g/mol. The summed E-state index contributed by atoms with van der Waals surface area (Å²) in [7, 11) is 1.89. The lowest BCUT2D eigenvalue weighted by molar-refractivity contribution is -0.122. The molecule has 4 heteroatoms. The third-order valence-electron chi connectivity index (χ3n) is 3.84. The van der Waals surface area contributed by atoms with Gasteiger partial charge in [-0.2, -0.15) is 0 Å². The minimum absolute atomic E-state index is 0.0861. The first-order valence-corrected chi connectivity index (χ1v) is 7.39. The largest absolute Gasteiger partial charge is 0.379 e. The van der Waals surface area contributed by atoms with Gasteiger partial charge in [-0.1, -0.05) is 31.5 Å². The van der Waals surface area contributed by atoms with Crippen LogP contribution in [0.5, 0.6) is 0 Å². The lowest BCUT2D eigenvalue weighted by Gasteiger charge is -2.27. The van der Waals surface area contributed by atoms with Crippen LogP contribution < -0.4 is 10.2 Å². The second-order valence-electron chi connectivity index (χ2n) is 5.22. The highest BCUT2D eigenvalue weighted by atomic mass is 16.5. The van der Waals surface area contributed by atoms with E-state index in [4.69, 9.17) is 4.74 Å². The van der Waals surface area contributed by atoms with Crippen molar-refractivity contribution in [3.63, 3.8) is 0 Å². The molecule has 1 heterocycles. The molecule has 1 amide bonds.